The van der Waals surface area contributed by atoms with E-state index in [1.54, 1.807) is 0 Å². The van der Waals surface area contributed by atoms with Gasteiger partial charge in [0.2, 0.25) is 11.6 Å². The van der Waals surface area contributed by atoms with Crippen LogP contribution >= 0.6 is 0 Å². The third-order valence-corrected chi connectivity index (χ3v) is 3.49. The van der Waals surface area contributed by atoms with E-state index >= 15 is 0 Å². The number of nitrogens with one attached hydrogen (secondary N) is 1. The second-order valence-electron chi connectivity index (χ2n) is 4.55. The molecule has 1 aromatic rings. The summed E-state index contributed by atoms with van der Waals surface area (Å²) >= 11 is 0. The SMILES string of the molecule is CCC1CCCCN1c1ncnc(NN)c1[N+](=O)[O-]. The third kappa shape index (κ3) is 2.58. The molecule has 1 fully saturated rings. The molecule has 1 saturated heterocycles. The first-order valence-electron chi connectivity index (χ1n) is 6.41. The zero-order valence-electron chi connectivity index (χ0n) is 10.9. The van der Waals surface area contributed by atoms with Gasteiger partial charge in [0, 0.05) is 12.6 Å². The summed E-state index contributed by atoms with van der Waals surface area (Å²) in [6.07, 6.45) is 5.44. The van der Waals surface area contributed by atoms with Gasteiger partial charge in [-0.2, -0.15) is 0 Å². The number of rotatable bonds is 4. The van der Waals surface area contributed by atoms with Crippen LogP contribution in [0.5, 0.6) is 0 Å². The van der Waals surface area contributed by atoms with E-state index < -0.39 is 4.92 Å². The van der Waals surface area contributed by atoms with E-state index in [2.05, 4.69) is 22.3 Å². The summed E-state index contributed by atoms with van der Waals surface area (Å²) in [7, 11) is 0. The second-order valence-corrected chi connectivity index (χ2v) is 4.55. The molecule has 0 aliphatic carbocycles. The molecular weight excluding hydrogens is 248 g/mol. The van der Waals surface area contributed by atoms with Gasteiger partial charge in [0.15, 0.2) is 0 Å². The topological polar surface area (TPSA) is 110 Å². The van der Waals surface area contributed by atoms with Crippen LogP contribution < -0.4 is 16.2 Å². The smallest absolute Gasteiger partial charge is 0.348 e. The number of aromatic nitrogens is 2. The van der Waals surface area contributed by atoms with Gasteiger partial charge in [-0.1, -0.05) is 6.92 Å². The van der Waals surface area contributed by atoms with E-state index in [1.165, 1.54) is 6.33 Å². The van der Waals surface area contributed by atoms with Gasteiger partial charge < -0.3 is 10.3 Å². The van der Waals surface area contributed by atoms with Crippen molar-refractivity contribution in [2.75, 3.05) is 16.9 Å². The van der Waals surface area contributed by atoms with Crippen molar-refractivity contribution in [3.8, 4) is 0 Å². The molecule has 0 aromatic carbocycles. The van der Waals surface area contributed by atoms with Crippen molar-refractivity contribution in [3.63, 3.8) is 0 Å². The van der Waals surface area contributed by atoms with Crippen LogP contribution in [-0.4, -0.2) is 27.5 Å². The summed E-state index contributed by atoms with van der Waals surface area (Å²) in [5, 5.41) is 11.2. The molecule has 1 aliphatic heterocycles. The zero-order valence-corrected chi connectivity index (χ0v) is 10.9. The highest BCUT2D eigenvalue weighted by Gasteiger charge is 2.31. The predicted molar refractivity (Wildman–Crippen MR) is 71.8 cm³/mol. The summed E-state index contributed by atoms with van der Waals surface area (Å²) in [5.41, 5.74) is 2.12. The first kappa shape index (κ1) is 13.5. The van der Waals surface area contributed by atoms with E-state index in [-0.39, 0.29) is 17.5 Å². The normalized spacial score (nSPS) is 19.3. The molecule has 0 saturated carbocycles. The molecule has 3 N–H and O–H groups in total. The summed E-state index contributed by atoms with van der Waals surface area (Å²) in [5.74, 6) is 5.70. The summed E-state index contributed by atoms with van der Waals surface area (Å²) in [4.78, 5) is 20.7. The maximum absolute atomic E-state index is 11.2. The Morgan fingerprint density at radius 3 is 3.00 bits per heavy atom. The largest absolute Gasteiger partial charge is 0.354 e. The Morgan fingerprint density at radius 2 is 2.37 bits per heavy atom. The van der Waals surface area contributed by atoms with Gasteiger partial charge in [0.25, 0.3) is 0 Å². The molecular formula is C11H18N6O2. The lowest BCUT2D eigenvalue weighted by molar-refractivity contribution is -0.383. The highest BCUT2D eigenvalue weighted by molar-refractivity contribution is 5.70. The lowest BCUT2D eigenvalue weighted by atomic mass is 10.00. The van der Waals surface area contributed by atoms with E-state index in [4.69, 9.17) is 5.84 Å². The first-order valence-corrected chi connectivity index (χ1v) is 6.41. The average Bonchev–Trinajstić information content (AvgIpc) is 2.46. The minimum atomic E-state index is -0.480. The second kappa shape index (κ2) is 5.79. The molecule has 8 nitrogen and oxygen atoms in total. The Morgan fingerprint density at radius 1 is 1.58 bits per heavy atom. The van der Waals surface area contributed by atoms with E-state index in [1.807, 2.05) is 4.90 Å². The molecule has 19 heavy (non-hydrogen) atoms. The minimum absolute atomic E-state index is 0.0513. The van der Waals surface area contributed by atoms with Gasteiger partial charge in [-0.05, 0) is 25.7 Å². The van der Waals surface area contributed by atoms with Crippen LogP contribution in [0.15, 0.2) is 6.33 Å². The molecule has 2 rings (SSSR count). The van der Waals surface area contributed by atoms with Gasteiger partial charge in [0.05, 0.1) is 4.92 Å². The number of nitrogens with zero attached hydrogens (tertiary/aromatic N) is 4. The molecule has 1 aromatic heterocycles. The summed E-state index contributed by atoms with van der Waals surface area (Å²) in [6.45, 7) is 2.86. The van der Waals surface area contributed by atoms with Crippen LogP contribution in [0.4, 0.5) is 17.3 Å². The standard InChI is InChI=1S/C11H18N6O2/c1-2-8-5-3-4-6-16(8)11-9(17(18)19)10(15-12)13-7-14-11/h7-8H,2-6,12H2,1H3,(H,13,14,15). The van der Waals surface area contributed by atoms with E-state index in [9.17, 15) is 10.1 Å². The van der Waals surface area contributed by atoms with Crippen LogP contribution in [0.25, 0.3) is 0 Å². The number of nitrogen functional groups attached to an aromatic ring is 1. The highest BCUT2D eigenvalue weighted by Crippen LogP contribution is 2.35. The lowest BCUT2D eigenvalue weighted by Gasteiger charge is -2.35. The van der Waals surface area contributed by atoms with Gasteiger partial charge >= 0.3 is 5.69 Å². The highest BCUT2D eigenvalue weighted by atomic mass is 16.6. The maximum atomic E-state index is 11.2. The number of hydrazine groups is 1. The van der Waals surface area contributed by atoms with Crippen molar-refractivity contribution in [2.24, 2.45) is 5.84 Å². The minimum Gasteiger partial charge on any atom is -0.348 e. The van der Waals surface area contributed by atoms with Crippen molar-refractivity contribution in [2.45, 2.75) is 38.6 Å². The fraction of sp³-hybridized carbons (Fsp3) is 0.636. The molecule has 8 heteroatoms. The Labute approximate surface area is 111 Å². The van der Waals surface area contributed by atoms with Crippen molar-refractivity contribution in [1.29, 1.82) is 0 Å². The number of hydrogen-bond donors (Lipinski definition) is 2. The molecule has 1 atom stereocenters. The fourth-order valence-electron chi connectivity index (χ4n) is 2.56. The lowest BCUT2D eigenvalue weighted by Crippen LogP contribution is -2.40. The predicted octanol–water partition coefficient (Wildman–Crippen LogP) is 1.44. The Bertz CT molecular complexity index is 466. The molecule has 1 unspecified atom stereocenters. The molecule has 2 heterocycles. The molecule has 104 valence electrons. The monoisotopic (exact) mass is 266 g/mol. The van der Waals surface area contributed by atoms with Crippen molar-refractivity contribution in [3.05, 3.63) is 16.4 Å². The van der Waals surface area contributed by atoms with Crippen LogP contribution in [0.2, 0.25) is 0 Å². The van der Waals surface area contributed by atoms with Crippen LogP contribution in [0, 0.1) is 10.1 Å². The Balaban J connectivity index is 2.45. The molecule has 0 bridgehead atoms. The van der Waals surface area contributed by atoms with Crippen molar-refractivity contribution >= 4 is 17.3 Å². The first-order chi connectivity index (χ1) is 9.19. The fourth-order valence-corrected chi connectivity index (χ4v) is 2.56. The van der Waals surface area contributed by atoms with E-state index in [0.717, 1.165) is 32.2 Å². The van der Waals surface area contributed by atoms with Gasteiger partial charge in [0.1, 0.15) is 6.33 Å². The van der Waals surface area contributed by atoms with Crippen molar-refractivity contribution < 1.29 is 4.92 Å². The van der Waals surface area contributed by atoms with Gasteiger partial charge in [-0.15, -0.1) is 0 Å². The number of piperidine rings is 1. The van der Waals surface area contributed by atoms with Gasteiger partial charge in [-0.25, -0.2) is 15.8 Å². The maximum Gasteiger partial charge on any atom is 0.354 e. The number of nitro groups is 1. The van der Waals surface area contributed by atoms with Crippen LogP contribution in [0.1, 0.15) is 32.6 Å². The number of nitrogens with two attached hydrogens (primary N) is 1. The number of anilines is 2. The van der Waals surface area contributed by atoms with Crippen molar-refractivity contribution in [1.82, 2.24) is 9.97 Å². The molecule has 0 amide bonds. The summed E-state index contributed by atoms with van der Waals surface area (Å²) in [6, 6.07) is 0.285. The molecule has 1 aliphatic rings. The van der Waals surface area contributed by atoms with Crippen LogP contribution in [-0.2, 0) is 0 Å². The quantitative estimate of drug-likeness (QED) is 0.482. The Kier molecular flexibility index (Phi) is 4.10. The van der Waals surface area contributed by atoms with Crippen LogP contribution in [0.3, 0.4) is 0 Å². The Hall–Kier alpha value is -1.96. The zero-order chi connectivity index (χ0) is 13.8. The van der Waals surface area contributed by atoms with Gasteiger partial charge in [-0.3, -0.25) is 10.1 Å². The number of hydrogen-bond acceptors (Lipinski definition) is 7. The summed E-state index contributed by atoms with van der Waals surface area (Å²) < 4.78 is 0. The molecule has 0 radical (unpaired) electrons. The average molecular weight is 266 g/mol. The third-order valence-electron chi connectivity index (χ3n) is 3.49. The molecule has 0 spiro atoms. The van der Waals surface area contributed by atoms with E-state index in [0.29, 0.717) is 5.82 Å².